The first-order valence-corrected chi connectivity index (χ1v) is 5.31. The number of pyridine rings is 1. The number of likely N-dealkylation sites (N-methyl/N-ethyl adjacent to an activating group) is 2. The Morgan fingerprint density at radius 2 is 2.31 bits per heavy atom. The van der Waals surface area contributed by atoms with E-state index in [0.29, 0.717) is 13.1 Å². The Labute approximate surface area is 95.7 Å². The van der Waals surface area contributed by atoms with Crippen molar-refractivity contribution in [2.24, 2.45) is 5.73 Å². The van der Waals surface area contributed by atoms with E-state index in [1.165, 1.54) is 0 Å². The molecule has 0 atom stereocenters. The van der Waals surface area contributed by atoms with E-state index in [0.717, 1.165) is 17.9 Å². The summed E-state index contributed by atoms with van der Waals surface area (Å²) >= 11 is 0. The van der Waals surface area contributed by atoms with Gasteiger partial charge in [-0.05, 0) is 18.6 Å². The van der Waals surface area contributed by atoms with E-state index in [1.54, 1.807) is 13.2 Å². The number of carbonyl (C=O) groups is 1. The standard InChI is InChI=1S/C11H18N4O/c1-3-15(8-11(16)13-2)10-5-4-9(6-12)7-14-10/h4-5,7H,3,6,8,12H2,1-2H3,(H,13,16). The summed E-state index contributed by atoms with van der Waals surface area (Å²) in [4.78, 5) is 17.5. The number of hydrogen-bond donors (Lipinski definition) is 2. The number of rotatable bonds is 5. The van der Waals surface area contributed by atoms with Gasteiger partial charge in [0.2, 0.25) is 5.91 Å². The minimum atomic E-state index is -0.0217. The predicted molar refractivity (Wildman–Crippen MR) is 64.1 cm³/mol. The smallest absolute Gasteiger partial charge is 0.239 e. The monoisotopic (exact) mass is 222 g/mol. The lowest BCUT2D eigenvalue weighted by Crippen LogP contribution is -2.35. The van der Waals surface area contributed by atoms with Gasteiger partial charge in [0.25, 0.3) is 0 Å². The Hall–Kier alpha value is -1.62. The molecular formula is C11H18N4O. The van der Waals surface area contributed by atoms with E-state index in [4.69, 9.17) is 5.73 Å². The predicted octanol–water partition coefficient (Wildman–Crippen LogP) is 0.113. The average Bonchev–Trinajstić information content (AvgIpc) is 2.35. The molecular weight excluding hydrogens is 204 g/mol. The molecule has 5 nitrogen and oxygen atoms in total. The molecule has 0 saturated heterocycles. The number of nitrogens with two attached hydrogens (primary N) is 1. The third-order valence-corrected chi connectivity index (χ3v) is 2.36. The quantitative estimate of drug-likeness (QED) is 0.742. The van der Waals surface area contributed by atoms with Crippen LogP contribution in [-0.4, -0.2) is 31.0 Å². The second kappa shape index (κ2) is 6.07. The van der Waals surface area contributed by atoms with Crippen LogP contribution in [0.1, 0.15) is 12.5 Å². The van der Waals surface area contributed by atoms with Crippen molar-refractivity contribution < 1.29 is 4.79 Å². The molecule has 88 valence electrons. The van der Waals surface area contributed by atoms with E-state index in [1.807, 2.05) is 24.0 Å². The van der Waals surface area contributed by atoms with Crippen LogP contribution in [0.4, 0.5) is 5.82 Å². The van der Waals surface area contributed by atoms with Gasteiger partial charge < -0.3 is 16.0 Å². The molecule has 3 N–H and O–H groups in total. The van der Waals surface area contributed by atoms with Gasteiger partial charge in [0.1, 0.15) is 5.82 Å². The second-order valence-corrected chi connectivity index (χ2v) is 3.42. The molecule has 0 aliphatic heterocycles. The maximum atomic E-state index is 11.3. The van der Waals surface area contributed by atoms with E-state index >= 15 is 0 Å². The van der Waals surface area contributed by atoms with Crippen molar-refractivity contribution in [3.8, 4) is 0 Å². The van der Waals surface area contributed by atoms with Crippen LogP contribution in [0.3, 0.4) is 0 Å². The first-order valence-electron chi connectivity index (χ1n) is 5.31. The molecule has 0 unspecified atom stereocenters. The number of amides is 1. The molecule has 0 saturated carbocycles. The highest BCUT2D eigenvalue weighted by atomic mass is 16.1. The Morgan fingerprint density at radius 3 is 2.75 bits per heavy atom. The molecule has 0 aliphatic carbocycles. The average molecular weight is 222 g/mol. The normalized spacial score (nSPS) is 9.94. The maximum Gasteiger partial charge on any atom is 0.239 e. The number of nitrogens with one attached hydrogen (secondary N) is 1. The van der Waals surface area contributed by atoms with Gasteiger partial charge in [-0.3, -0.25) is 4.79 Å². The van der Waals surface area contributed by atoms with Gasteiger partial charge >= 0.3 is 0 Å². The summed E-state index contributed by atoms with van der Waals surface area (Å²) in [6.07, 6.45) is 1.74. The summed E-state index contributed by atoms with van der Waals surface area (Å²) < 4.78 is 0. The van der Waals surface area contributed by atoms with Crippen molar-refractivity contribution in [1.29, 1.82) is 0 Å². The minimum absolute atomic E-state index is 0.0217. The van der Waals surface area contributed by atoms with Crippen LogP contribution in [0, 0.1) is 0 Å². The third-order valence-electron chi connectivity index (χ3n) is 2.36. The van der Waals surface area contributed by atoms with Crippen LogP contribution in [0.15, 0.2) is 18.3 Å². The van der Waals surface area contributed by atoms with Gasteiger partial charge in [0.15, 0.2) is 0 Å². The molecule has 1 amide bonds. The number of nitrogens with zero attached hydrogens (tertiary/aromatic N) is 2. The SMILES string of the molecule is CCN(CC(=O)NC)c1ccc(CN)cn1. The van der Waals surface area contributed by atoms with Gasteiger partial charge in [0, 0.05) is 26.3 Å². The highest BCUT2D eigenvalue weighted by Crippen LogP contribution is 2.10. The number of anilines is 1. The summed E-state index contributed by atoms with van der Waals surface area (Å²) in [7, 11) is 1.63. The van der Waals surface area contributed by atoms with Crippen LogP contribution in [0.25, 0.3) is 0 Å². The summed E-state index contributed by atoms with van der Waals surface area (Å²) in [6.45, 7) is 3.53. The zero-order chi connectivity index (χ0) is 12.0. The maximum absolute atomic E-state index is 11.3. The molecule has 1 aromatic rings. The van der Waals surface area contributed by atoms with Crippen molar-refractivity contribution in [3.63, 3.8) is 0 Å². The van der Waals surface area contributed by atoms with Gasteiger partial charge in [-0.1, -0.05) is 6.07 Å². The zero-order valence-electron chi connectivity index (χ0n) is 9.73. The number of hydrogen-bond acceptors (Lipinski definition) is 4. The largest absolute Gasteiger partial charge is 0.358 e. The van der Waals surface area contributed by atoms with Gasteiger partial charge in [-0.2, -0.15) is 0 Å². The molecule has 0 radical (unpaired) electrons. The van der Waals surface area contributed by atoms with E-state index < -0.39 is 0 Å². The molecule has 0 fully saturated rings. The lowest BCUT2D eigenvalue weighted by molar-refractivity contribution is -0.119. The Bertz CT molecular complexity index is 336. The fourth-order valence-corrected chi connectivity index (χ4v) is 1.33. The molecule has 16 heavy (non-hydrogen) atoms. The Balaban J connectivity index is 2.74. The van der Waals surface area contributed by atoms with Gasteiger partial charge in [-0.25, -0.2) is 4.98 Å². The molecule has 1 aromatic heterocycles. The van der Waals surface area contributed by atoms with Crippen LogP contribution in [0.5, 0.6) is 0 Å². The molecule has 0 aromatic carbocycles. The van der Waals surface area contributed by atoms with Gasteiger partial charge in [0.05, 0.1) is 6.54 Å². The molecule has 0 bridgehead atoms. The lowest BCUT2D eigenvalue weighted by Gasteiger charge is -2.20. The first-order chi connectivity index (χ1) is 7.71. The molecule has 0 spiro atoms. The second-order valence-electron chi connectivity index (χ2n) is 3.42. The topological polar surface area (TPSA) is 71.2 Å². The minimum Gasteiger partial charge on any atom is -0.358 e. The Morgan fingerprint density at radius 1 is 1.56 bits per heavy atom. The van der Waals surface area contributed by atoms with E-state index in [2.05, 4.69) is 10.3 Å². The first kappa shape index (κ1) is 12.4. The van der Waals surface area contributed by atoms with Crippen molar-refractivity contribution in [2.75, 3.05) is 25.0 Å². The van der Waals surface area contributed by atoms with Crippen molar-refractivity contribution in [1.82, 2.24) is 10.3 Å². The molecule has 0 aliphatic rings. The van der Waals surface area contributed by atoms with Crippen molar-refractivity contribution in [3.05, 3.63) is 23.9 Å². The molecule has 5 heteroatoms. The summed E-state index contributed by atoms with van der Waals surface area (Å²) in [5.41, 5.74) is 6.48. The zero-order valence-corrected chi connectivity index (χ0v) is 9.73. The van der Waals surface area contributed by atoms with Crippen LogP contribution in [0.2, 0.25) is 0 Å². The fourth-order valence-electron chi connectivity index (χ4n) is 1.33. The number of carbonyl (C=O) groups excluding carboxylic acids is 1. The third kappa shape index (κ3) is 3.20. The summed E-state index contributed by atoms with van der Waals surface area (Å²) in [5, 5.41) is 2.59. The summed E-state index contributed by atoms with van der Waals surface area (Å²) in [6, 6.07) is 3.81. The van der Waals surface area contributed by atoms with Crippen LogP contribution < -0.4 is 16.0 Å². The van der Waals surface area contributed by atoms with Gasteiger partial charge in [-0.15, -0.1) is 0 Å². The lowest BCUT2D eigenvalue weighted by atomic mass is 10.3. The highest BCUT2D eigenvalue weighted by molar-refractivity contribution is 5.80. The number of aromatic nitrogens is 1. The van der Waals surface area contributed by atoms with Crippen molar-refractivity contribution in [2.45, 2.75) is 13.5 Å². The van der Waals surface area contributed by atoms with Crippen LogP contribution in [-0.2, 0) is 11.3 Å². The Kier molecular flexibility index (Phi) is 4.72. The van der Waals surface area contributed by atoms with E-state index in [9.17, 15) is 4.79 Å². The summed E-state index contributed by atoms with van der Waals surface area (Å²) in [5.74, 6) is 0.773. The highest BCUT2D eigenvalue weighted by Gasteiger charge is 2.09. The van der Waals surface area contributed by atoms with Crippen molar-refractivity contribution >= 4 is 11.7 Å². The fraction of sp³-hybridized carbons (Fsp3) is 0.455. The van der Waals surface area contributed by atoms with E-state index in [-0.39, 0.29) is 5.91 Å². The molecule has 1 rings (SSSR count). The van der Waals surface area contributed by atoms with Crippen LogP contribution >= 0.6 is 0 Å². The molecule has 1 heterocycles.